The summed E-state index contributed by atoms with van der Waals surface area (Å²) >= 11 is 15.5. The lowest BCUT2D eigenvalue weighted by molar-refractivity contribution is 0.0647. The normalized spacial score (nSPS) is 33.9. The Morgan fingerprint density at radius 3 is 1.35 bits per heavy atom. The number of ether oxygens (including phenoxy) is 2. The predicted molar refractivity (Wildman–Crippen MR) is 153 cm³/mol. The number of fused-ring (bicyclic) bond motifs is 6. The molecule has 2 saturated carbocycles. The molecule has 6 nitrogen and oxygen atoms in total. The molecule has 6 aliphatic rings. The van der Waals surface area contributed by atoms with E-state index in [1.165, 1.54) is 50.9 Å². The zero-order valence-corrected chi connectivity index (χ0v) is 25.7. The van der Waals surface area contributed by atoms with Crippen molar-refractivity contribution < 1.29 is 19.1 Å². The van der Waals surface area contributed by atoms with Gasteiger partial charge in [-0.05, 0) is 96.9 Å². The van der Waals surface area contributed by atoms with E-state index in [-0.39, 0.29) is 18.5 Å². The number of nitrogens with zero attached hydrogens (tertiary/aromatic N) is 2. The molecule has 0 aromatic carbocycles. The third-order valence-corrected chi connectivity index (χ3v) is 9.14. The molecule has 0 aromatic rings. The number of alkyl halides is 2. The fourth-order valence-electron chi connectivity index (χ4n) is 7.09. The van der Waals surface area contributed by atoms with Crippen molar-refractivity contribution in [1.82, 2.24) is 9.80 Å². The van der Waals surface area contributed by atoms with Gasteiger partial charge in [-0.15, -0.1) is 12.4 Å². The van der Waals surface area contributed by atoms with Gasteiger partial charge >= 0.3 is 11.5 Å². The Kier molecular flexibility index (Phi) is 14.5. The van der Waals surface area contributed by atoms with E-state index in [1.54, 1.807) is 39.0 Å². The molecular weight excluding hydrogens is 558 g/mol. The van der Waals surface area contributed by atoms with Gasteiger partial charge in [-0.1, -0.05) is 48.9 Å². The van der Waals surface area contributed by atoms with E-state index in [0.717, 1.165) is 37.8 Å². The third-order valence-electron chi connectivity index (χ3n) is 8.87. The van der Waals surface area contributed by atoms with Crippen LogP contribution in [-0.2, 0) is 9.47 Å². The van der Waals surface area contributed by atoms with E-state index in [9.17, 15) is 9.59 Å². The molecule has 4 aliphatic heterocycles. The van der Waals surface area contributed by atoms with Crippen molar-refractivity contribution in [2.75, 3.05) is 7.05 Å². The van der Waals surface area contributed by atoms with Gasteiger partial charge in [0.05, 0.1) is 0 Å². The largest absolute Gasteiger partial charge is 0.434 e. The van der Waals surface area contributed by atoms with Crippen LogP contribution in [0.1, 0.15) is 104 Å². The van der Waals surface area contributed by atoms with E-state index >= 15 is 0 Å². The number of amides is 1. The molecule has 37 heavy (non-hydrogen) atoms. The fourth-order valence-corrected chi connectivity index (χ4v) is 7.42. The minimum Gasteiger partial charge on any atom is -0.434 e. The smallest absolute Gasteiger partial charge is 0.411 e. The van der Waals surface area contributed by atoms with Crippen LogP contribution < -0.4 is 0 Å². The lowest BCUT2D eigenvalue weighted by Gasteiger charge is -2.34. The van der Waals surface area contributed by atoms with Crippen molar-refractivity contribution in [2.45, 2.75) is 139 Å². The second kappa shape index (κ2) is 16.2. The summed E-state index contributed by atoms with van der Waals surface area (Å²) in [4.78, 5) is 25.9. The summed E-state index contributed by atoms with van der Waals surface area (Å²) in [6, 6.07) is 2.77. The van der Waals surface area contributed by atoms with Crippen molar-refractivity contribution in [2.24, 2.45) is 11.8 Å². The molecule has 216 valence electrons. The Balaban J connectivity index is 0.000000181. The zero-order valence-electron chi connectivity index (χ0n) is 22.6. The van der Waals surface area contributed by atoms with Gasteiger partial charge in [-0.3, -0.25) is 0 Å². The molecule has 4 unspecified atom stereocenters. The Bertz CT molecular complexity index is 660. The Morgan fingerprint density at radius 1 is 0.703 bits per heavy atom. The lowest BCUT2D eigenvalue weighted by Crippen LogP contribution is -2.44. The Hall–Kier alpha value is -0.140. The Morgan fingerprint density at radius 2 is 1.11 bits per heavy atom. The first-order chi connectivity index (χ1) is 17.1. The summed E-state index contributed by atoms with van der Waals surface area (Å²) < 4.78 is 9.16. The number of carbonyl (C=O) groups excluding carboxylic acids is 2. The van der Waals surface area contributed by atoms with Crippen LogP contribution in [0.3, 0.4) is 0 Å². The van der Waals surface area contributed by atoms with Crippen LogP contribution >= 0.6 is 47.2 Å². The number of halogens is 4. The molecule has 0 spiro atoms. The van der Waals surface area contributed by atoms with Crippen molar-refractivity contribution in [3.8, 4) is 0 Å². The minimum atomic E-state index is -0.873. The summed E-state index contributed by atoms with van der Waals surface area (Å²) in [5.74, 6) is 2.34. The monoisotopic (exact) mass is 602 g/mol. The van der Waals surface area contributed by atoms with Crippen LogP contribution in [-0.4, -0.2) is 63.7 Å². The molecule has 6 rings (SSSR count). The quantitative estimate of drug-likeness (QED) is 0.234. The number of carbonyl (C=O) groups is 2. The highest BCUT2D eigenvalue weighted by molar-refractivity contribution is 6.61. The lowest BCUT2D eigenvalue weighted by atomic mass is 10.0. The van der Waals surface area contributed by atoms with E-state index < -0.39 is 16.6 Å². The molecule has 10 heteroatoms. The summed E-state index contributed by atoms with van der Waals surface area (Å²) in [6.07, 6.45) is 19.3. The molecule has 0 aromatic heterocycles. The molecule has 4 heterocycles. The second-order valence-corrected chi connectivity index (χ2v) is 12.8. The van der Waals surface area contributed by atoms with Gasteiger partial charge in [0.15, 0.2) is 11.1 Å². The highest BCUT2D eigenvalue weighted by Crippen LogP contribution is 2.44. The second-order valence-electron chi connectivity index (χ2n) is 11.3. The first-order valence-corrected chi connectivity index (χ1v) is 15.2. The van der Waals surface area contributed by atoms with Gasteiger partial charge in [0, 0.05) is 35.8 Å². The average molecular weight is 604 g/mol. The maximum atomic E-state index is 11.7. The number of rotatable bonds is 2. The molecule has 6 bridgehead atoms. The van der Waals surface area contributed by atoms with Crippen molar-refractivity contribution in [3.63, 3.8) is 0 Å². The summed E-state index contributed by atoms with van der Waals surface area (Å²) in [5.41, 5.74) is -2.03. The van der Waals surface area contributed by atoms with E-state index in [4.69, 9.17) is 39.5 Å². The molecule has 4 atom stereocenters. The van der Waals surface area contributed by atoms with Crippen LogP contribution in [0.2, 0.25) is 0 Å². The van der Waals surface area contributed by atoms with Crippen LogP contribution in [0.25, 0.3) is 0 Å². The predicted octanol–water partition coefficient (Wildman–Crippen LogP) is 8.53. The van der Waals surface area contributed by atoms with Crippen LogP contribution in [0.4, 0.5) is 9.59 Å². The van der Waals surface area contributed by atoms with Gasteiger partial charge < -0.3 is 19.3 Å². The first-order valence-electron chi connectivity index (χ1n) is 14.0. The molecule has 0 radical (unpaired) electrons. The standard InChI is InChI=1S/C10H16ClNO2.C7H13N.C7H12.C3H4Cl2O2.ClH/c1-7(11)14-10(13)12-8-3-2-4-9(12)6-5-8;1-8-6-2-3-7(8)5-4-6;1-2-7-4-3-6(1)5-7;1-2(4)7-3(5)6;/h7-9H,2-6H2,1H3;6-7H,2-5H2,1H3;6-7H,1-5H2;2H,1H3;1H. The number of piperidine rings is 1. The zero-order chi connectivity index (χ0) is 26.2. The van der Waals surface area contributed by atoms with E-state index in [2.05, 4.69) is 16.7 Å². The van der Waals surface area contributed by atoms with E-state index in [0.29, 0.717) is 12.1 Å². The van der Waals surface area contributed by atoms with Crippen molar-refractivity contribution >= 4 is 58.7 Å². The average Bonchev–Trinajstić information content (AvgIpc) is 3.64. The summed E-state index contributed by atoms with van der Waals surface area (Å²) in [6.45, 7) is 3.17. The molecule has 4 saturated heterocycles. The van der Waals surface area contributed by atoms with Crippen LogP contribution in [0, 0.1) is 11.8 Å². The first kappa shape index (κ1) is 33.1. The Labute approximate surface area is 244 Å². The third kappa shape index (κ3) is 10.4. The number of hydrogen-bond acceptors (Lipinski definition) is 5. The van der Waals surface area contributed by atoms with Gasteiger partial charge in [0.25, 0.3) is 0 Å². The molecule has 2 aliphatic carbocycles. The van der Waals surface area contributed by atoms with Crippen molar-refractivity contribution in [3.05, 3.63) is 0 Å². The SMILES string of the molecule is C1CC2CCC1C2.CC(Cl)OC(=O)Cl.CC(Cl)OC(=O)N1C2CCCC1CC2.CN1C2CCC1CC2.Cl. The molecule has 1 amide bonds. The fraction of sp³-hybridized carbons (Fsp3) is 0.926. The van der Waals surface area contributed by atoms with Gasteiger partial charge in [0.1, 0.15) is 0 Å². The molecule has 6 fully saturated rings. The van der Waals surface area contributed by atoms with Gasteiger partial charge in [0.2, 0.25) is 0 Å². The number of hydrogen-bond donors (Lipinski definition) is 0. The maximum absolute atomic E-state index is 11.7. The van der Waals surface area contributed by atoms with Gasteiger partial charge in [-0.25, -0.2) is 9.59 Å². The van der Waals surface area contributed by atoms with Gasteiger partial charge in [-0.2, -0.15) is 0 Å². The van der Waals surface area contributed by atoms with E-state index in [1.807, 2.05) is 4.90 Å². The highest BCUT2D eigenvalue weighted by atomic mass is 35.5. The highest BCUT2D eigenvalue weighted by Gasteiger charge is 2.40. The van der Waals surface area contributed by atoms with Crippen LogP contribution in [0.15, 0.2) is 0 Å². The van der Waals surface area contributed by atoms with Crippen LogP contribution in [0.5, 0.6) is 0 Å². The molecule has 0 N–H and O–H groups in total. The summed E-state index contributed by atoms with van der Waals surface area (Å²) in [5, 5.41) is 0. The topological polar surface area (TPSA) is 59.1 Å². The maximum Gasteiger partial charge on any atom is 0.411 e. The minimum absolute atomic E-state index is 0. The summed E-state index contributed by atoms with van der Waals surface area (Å²) in [7, 11) is 2.27. The molecular formula is C27H46Cl4N2O4. The van der Waals surface area contributed by atoms with Crippen molar-refractivity contribution in [1.29, 1.82) is 0 Å².